The summed E-state index contributed by atoms with van der Waals surface area (Å²) in [7, 11) is -40.8. The lowest BCUT2D eigenvalue weighted by Gasteiger charge is -2.65. The summed E-state index contributed by atoms with van der Waals surface area (Å²) in [5.74, 6) is 0. The second kappa shape index (κ2) is 2.25. The molecule has 1 nitrogen and oxygen atoms in total. The highest BCUT2D eigenvalue weighted by atomic mass is 32.6. The summed E-state index contributed by atoms with van der Waals surface area (Å²) in [6.45, 7) is 0. The standard InChI is InChI=1S/F15NS3/c1-17(2,3,4,5)16(18(6,7,8,9)10)19(11,12,13,14)15. The van der Waals surface area contributed by atoms with Crippen LogP contribution in [-0.4, -0.2) is 3.12 Å². The SMILES string of the molecule is FS(F)(F)(F)(F)N(S(F)(F)(F)(F)F)S(F)(F)(F)(F)F. The number of halogens is 15. The van der Waals surface area contributed by atoms with Crippen LogP contribution in [0.25, 0.3) is 0 Å². The lowest BCUT2D eigenvalue weighted by atomic mass is 13.8. The van der Waals surface area contributed by atoms with E-state index >= 15 is 0 Å². The van der Waals surface area contributed by atoms with Gasteiger partial charge in [0.15, 0.2) is 0 Å². The van der Waals surface area contributed by atoms with Gasteiger partial charge in [0.25, 0.3) is 0 Å². The Bertz CT molecular complexity index is 343. The van der Waals surface area contributed by atoms with Gasteiger partial charge in [0.1, 0.15) is 3.12 Å². The summed E-state index contributed by atoms with van der Waals surface area (Å²) in [6, 6.07) is 0. The molecule has 0 radical (unpaired) electrons. The molecule has 0 N–H and O–H groups in total. The zero-order valence-electron chi connectivity index (χ0n) is 7.34. The van der Waals surface area contributed by atoms with Crippen molar-refractivity contribution in [3.63, 3.8) is 0 Å². The van der Waals surface area contributed by atoms with Crippen molar-refractivity contribution in [1.82, 2.24) is 3.12 Å². The minimum atomic E-state index is -13.6. The second-order valence-electron chi connectivity index (χ2n) is 3.01. The zero-order chi connectivity index (χ0) is 16.8. The summed E-state index contributed by atoms with van der Waals surface area (Å²) in [4.78, 5) is 0. The molecule has 0 heterocycles. The first-order valence-corrected chi connectivity index (χ1v) is 8.59. The minimum absolute atomic E-state index is 6.96. The Morgan fingerprint density at radius 3 is 0.421 bits per heavy atom. The van der Waals surface area contributed by atoms with Gasteiger partial charge in [0.2, 0.25) is 0 Å². The van der Waals surface area contributed by atoms with Gasteiger partial charge in [-0.25, -0.2) is 0 Å². The topological polar surface area (TPSA) is 3.24 Å². The molecule has 0 spiro atoms. The van der Waals surface area contributed by atoms with Crippen molar-refractivity contribution in [2.75, 3.05) is 0 Å². The van der Waals surface area contributed by atoms with Gasteiger partial charge in [-0.3, -0.25) is 0 Å². The van der Waals surface area contributed by atoms with Gasteiger partial charge < -0.3 is 0 Å². The van der Waals surface area contributed by atoms with Crippen molar-refractivity contribution in [1.29, 1.82) is 0 Å². The fourth-order valence-corrected chi connectivity index (χ4v) is 7.19. The summed E-state index contributed by atoms with van der Waals surface area (Å²) in [5, 5.41) is 0. The Labute approximate surface area is 93.4 Å². The van der Waals surface area contributed by atoms with Crippen LogP contribution in [0.4, 0.5) is 58.3 Å². The van der Waals surface area contributed by atoms with Crippen LogP contribution >= 0.6 is 31.2 Å². The molecule has 0 aliphatic carbocycles. The quantitative estimate of drug-likeness (QED) is 0.439. The van der Waals surface area contributed by atoms with E-state index in [1.807, 2.05) is 0 Å². The van der Waals surface area contributed by atoms with Crippen LogP contribution in [0, 0.1) is 0 Å². The average Bonchev–Trinajstić information content (AvgIpc) is 1.21. The van der Waals surface area contributed by atoms with Gasteiger partial charge in [-0.15, -0.1) is 0 Å². The molecule has 128 valence electrons. The first-order valence-electron chi connectivity index (χ1n) is 2.86. The van der Waals surface area contributed by atoms with E-state index in [1.54, 1.807) is 0 Å². The molecule has 0 aliphatic rings. The van der Waals surface area contributed by atoms with Gasteiger partial charge in [0, 0.05) is 0 Å². The largest absolute Gasteiger partial charge is 0.376 e. The number of hydrogen-bond donors (Lipinski definition) is 0. The fraction of sp³-hybridized carbons (Fsp3) is 0. The van der Waals surface area contributed by atoms with Crippen LogP contribution < -0.4 is 0 Å². The Hall–Kier alpha value is -0.0400. The molecular weight excluding hydrogens is 395 g/mol. The summed E-state index contributed by atoms with van der Waals surface area (Å²) >= 11 is 0. The Morgan fingerprint density at radius 2 is 0.421 bits per heavy atom. The molecule has 0 fully saturated rings. The summed E-state index contributed by atoms with van der Waals surface area (Å²) in [6.07, 6.45) is 0. The third-order valence-electron chi connectivity index (χ3n) is 0.845. The van der Waals surface area contributed by atoms with Crippen LogP contribution in [0.3, 0.4) is 0 Å². The molecule has 0 saturated heterocycles. The first-order chi connectivity index (χ1) is 6.83. The van der Waals surface area contributed by atoms with E-state index in [-0.39, 0.29) is 0 Å². The van der Waals surface area contributed by atoms with Gasteiger partial charge in [-0.2, -0.15) is 0 Å². The Morgan fingerprint density at radius 1 is 0.316 bits per heavy atom. The van der Waals surface area contributed by atoms with Crippen LogP contribution in [0.5, 0.6) is 0 Å². The maximum absolute atomic E-state index is 13.6. The maximum Gasteiger partial charge on any atom is 0.376 e. The van der Waals surface area contributed by atoms with Crippen molar-refractivity contribution >= 4 is 31.2 Å². The molecule has 0 aromatic rings. The fourth-order valence-electron chi connectivity index (χ4n) is 0.799. The smallest absolute Gasteiger partial charge is 0.0831 e. The molecule has 0 amide bonds. The molecule has 0 aliphatic heterocycles. The van der Waals surface area contributed by atoms with Gasteiger partial charge in [-0.05, 0) is 0 Å². The molecule has 19 heteroatoms. The van der Waals surface area contributed by atoms with Gasteiger partial charge in [0.05, 0.1) is 0 Å². The highest BCUT2D eigenvalue weighted by Crippen LogP contribution is 3.26. The average molecular weight is 395 g/mol. The number of nitrogens with zero attached hydrogens (tertiary/aromatic N) is 1. The normalized spacial score (nSPS) is 26.5. The van der Waals surface area contributed by atoms with E-state index in [2.05, 4.69) is 0 Å². The molecule has 19 heavy (non-hydrogen) atoms. The third kappa shape index (κ3) is 5.10. The molecule has 0 aromatic carbocycles. The predicted octanol–water partition coefficient (Wildman–Crippen LogP) is 7.93. The van der Waals surface area contributed by atoms with Crippen LogP contribution in [0.1, 0.15) is 0 Å². The maximum atomic E-state index is 11.4. The van der Waals surface area contributed by atoms with Gasteiger partial charge in [-0.1, -0.05) is 58.3 Å². The summed E-state index contributed by atoms with van der Waals surface area (Å²) in [5.41, 5.74) is 0. The number of hydrogen-bond acceptors (Lipinski definition) is 1. The molecule has 0 rings (SSSR count). The lowest BCUT2D eigenvalue weighted by Crippen LogP contribution is -2.47. The van der Waals surface area contributed by atoms with E-state index in [9.17, 15) is 58.3 Å². The van der Waals surface area contributed by atoms with Gasteiger partial charge >= 0.3 is 31.2 Å². The zero-order valence-corrected chi connectivity index (χ0v) is 9.79. The van der Waals surface area contributed by atoms with Crippen molar-refractivity contribution in [2.24, 2.45) is 0 Å². The minimum Gasteiger partial charge on any atom is -0.0831 e. The van der Waals surface area contributed by atoms with E-state index in [0.717, 1.165) is 0 Å². The van der Waals surface area contributed by atoms with Crippen LogP contribution in [0.2, 0.25) is 0 Å². The van der Waals surface area contributed by atoms with Crippen molar-refractivity contribution in [3.05, 3.63) is 0 Å². The molecule has 0 saturated carbocycles. The van der Waals surface area contributed by atoms with E-state index in [1.165, 1.54) is 0 Å². The number of rotatable bonds is 3. The van der Waals surface area contributed by atoms with E-state index < -0.39 is 34.3 Å². The lowest BCUT2D eigenvalue weighted by molar-refractivity contribution is 0.217. The highest BCUT2D eigenvalue weighted by molar-refractivity contribution is 8.69. The first kappa shape index (κ1) is 19.0. The Balaban J connectivity index is 7.14. The van der Waals surface area contributed by atoms with Crippen LogP contribution in [0.15, 0.2) is 0 Å². The third-order valence-corrected chi connectivity index (χ3v) is 7.61. The summed E-state index contributed by atoms with van der Waals surface area (Å²) < 4.78 is 165. The predicted molar refractivity (Wildman–Crippen MR) is 41.2 cm³/mol. The molecule has 0 aromatic heterocycles. The van der Waals surface area contributed by atoms with Crippen molar-refractivity contribution in [2.45, 2.75) is 0 Å². The second-order valence-corrected chi connectivity index (χ2v) is 10.4. The van der Waals surface area contributed by atoms with E-state index in [4.69, 9.17) is 0 Å². The van der Waals surface area contributed by atoms with Crippen molar-refractivity contribution < 1.29 is 58.3 Å². The van der Waals surface area contributed by atoms with E-state index in [0.29, 0.717) is 0 Å². The van der Waals surface area contributed by atoms with Crippen molar-refractivity contribution in [3.8, 4) is 0 Å². The molecule has 0 unspecified atom stereocenters. The Kier molecular flexibility index (Phi) is 2.24. The molecule has 0 bridgehead atoms. The van der Waals surface area contributed by atoms with Crippen LogP contribution in [-0.2, 0) is 0 Å². The molecular formula is F15NS3. The molecule has 0 atom stereocenters. The highest BCUT2D eigenvalue weighted by Gasteiger charge is 3.03. The monoisotopic (exact) mass is 395 g/mol.